The Morgan fingerprint density at radius 1 is 1.35 bits per heavy atom. The first-order valence-corrected chi connectivity index (χ1v) is 7.66. The number of hydrogen-bond acceptors (Lipinski definition) is 4. The third-order valence-electron chi connectivity index (χ3n) is 6.26. The molecule has 3 unspecified atom stereocenters. The highest BCUT2D eigenvalue weighted by Gasteiger charge is 2.62. The Balaban J connectivity index is 1.89. The minimum absolute atomic E-state index is 0.238. The van der Waals surface area contributed by atoms with Crippen molar-refractivity contribution in [3.05, 3.63) is 11.9 Å². The first kappa shape index (κ1) is 13.7. The van der Waals surface area contributed by atoms with Crippen LogP contribution in [0, 0.1) is 16.7 Å². The van der Waals surface area contributed by atoms with E-state index in [-0.39, 0.29) is 11.5 Å². The lowest BCUT2D eigenvalue weighted by molar-refractivity contribution is 0.0266. The lowest BCUT2D eigenvalue weighted by Gasteiger charge is -2.38. The van der Waals surface area contributed by atoms with Gasteiger partial charge in [-0.3, -0.25) is 0 Å². The van der Waals surface area contributed by atoms with Crippen LogP contribution in [0.2, 0.25) is 0 Å². The molecule has 3 atom stereocenters. The van der Waals surface area contributed by atoms with Gasteiger partial charge in [0.2, 0.25) is 5.88 Å². The van der Waals surface area contributed by atoms with Gasteiger partial charge in [0.15, 0.2) is 0 Å². The Hall–Kier alpha value is -1.32. The summed E-state index contributed by atoms with van der Waals surface area (Å²) in [6.45, 7) is 9.22. The van der Waals surface area contributed by atoms with Gasteiger partial charge in [-0.25, -0.2) is 9.97 Å². The summed E-state index contributed by atoms with van der Waals surface area (Å²) in [5.74, 6) is 2.00. The van der Waals surface area contributed by atoms with Crippen LogP contribution in [0.15, 0.2) is 6.33 Å². The molecule has 0 spiro atoms. The van der Waals surface area contributed by atoms with E-state index in [9.17, 15) is 0 Å². The average Bonchev–Trinajstić information content (AvgIpc) is 2.72. The fourth-order valence-corrected chi connectivity index (χ4v) is 4.29. The molecular weight excluding hydrogens is 250 g/mol. The van der Waals surface area contributed by atoms with Gasteiger partial charge in [-0.1, -0.05) is 27.7 Å². The van der Waals surface area contributed by atoms with Crippen LogP contribution >= 0.6 is 0 Å². The molecule has 20 heavy (non-hydrogen) atoms. The second kappa shape index (κ2) is 4.34. The monoisotopic (exact) mass is 275 g/mol. The van der Waals surface area contributed by atoms with Crippen molar-refractivity contribution in [1.82, 2.24) is 9.97 Å². The predicted molar refractivity (Wildman–Crippen MR) is 79.5 cm³/mol. The Bertz CT molecular complexity index is 528. The van der Waals surface area contributed by atoms with Gasteiger partial charge in [-0.2, -0.15) is 0 Å². The molecule has 4 heteroatoms. The smallest absolute Gasteiger partial charge is 0.222 e. The number of nitrogen functional groups attached to an aromatic ring is 1. The van der Waals surface area contributed by atoms with Crippen molar-refractivity contribution in [2.24, 2.45) is 16.7 Å². The molecule has 3 rings (SSSR count). The molecule has 0 aromatic carbocycles. The van der Waals surface area contributed by atoms with Gasteiger partial charge in [-0.05, 0) is 37.0 Å². The zero-order valence-electron chi connectivity index (χ0n) is 12.9. The Morgan fingerprint density at radius 2 is 2.10 bits per heavy atom. The first-order chi connectivity index (χ1) is 9.40. The molecule has 1 aromatic heterocycles. The normalized spacial score (nSPS) is 34.4. The summed E-state index contributed by atoms with van der Waals surface area (Å²) in [4.78, 5) is 8.39. The van der Waals surface area contributed by atoms with Crippen LogP contribution in [0.25, 0.3) is 0 Å². The highest BCUT2D eigenvalue weighted by atomic mass is 16.5. The molecule has 2 fully saturated rings. The van der Waals surface area contributed by atoms with Crippen molar-refractivity contribution < 1.29 is 4.74 Å². The van der Waals surface area contributed by atoms with Crippen LogP contribution in [-0.2, 0) is 6.42 Å². The number of anilines is 1. The molecule has 1 heterocycles. The van der Waals surface area contributed by atoms with E-state index in [4.69, 9.17) is 10.5 Å². The molecule has 2 aliphatic carbocycles. The minimum Gasteiger partial charge on any atom is -0.473 e. The van der Waals surface area contributed by atoms with E-state index >= 15 is 0 Å². The molecule has 0 aliphatic heterocycles. The number of ether oxygens (including phenoxy) is 1. The minimum atomic E-state index is 0.238. The quantitative estimate of drug-likeness (QED) is 0.920. The van der Waals surface area contributed by atoms with Crippen LogP contribution in [-0.4, -0.2) is 16.1 Å². The third-order valence-corrected chi connectivity index (χ3v) is 6.26. The van der Waals surface area contributed by atoms with E-state index in [0.29, 0.717) is 17.1 Å². The highest BCUT2D eigenvalue weighted by Crippen LogP contribution is 2.66. The van der Waals surface area contributed by atoms with E-state index in [2.05, 4.69) is 37.7 Å². The molecule has 2 N–H and O–H groups in total. The fourth-order valence-electron chi connectivity index (χ4n) is 4.29. The molecule has 2 bridgehead atoms. The Morgan fingerprint density at radius 3 is 2.65 bits per heavy atom. The maximum absolute atomic E-state index is 6.32. The van der Waals surface area contributed by atoms with Gasteiger partial charge in [0.1, 0.15) is 18.2 Å². The molecule has 0 radical (unpaired) electrons. The summed E-state index contributed by atoms with van der Waals surface area (Å²) in [6.07, 6.45) is 6.27. The van der Waals surface area contributed by atoms with E-state index in [1.54, 1.807) is 0 Å². The molecular formula is C16H25N3O. The SMILES string of the molecule is CCc1c(N)ncnc1OC1CC2CCC1(C)C2(C)C. The summed E-state index contributed by atoms with van der Waals surface area (Å²) in [5.41, 5.74) is 7.47. The standard InChI is InChI=1S/C16H25N3O/c1-5-11-13(17)18-9-19-14(11)20-12-8-10-6-7-16(12,4)15(10,2)3/h9-10,12H,5-8H2,1-4H3,(H2,17,18,19). The zero-order chi connectivity index (χ0) is 14.5. The van der Waals surface area contributed by atoms with Gasteiger partial charge in [0.05, 0.1) is 5.56 Å². The van der Waals surface area contributed by atoms with Crippen molar-refractivity contribution in [1.29, 1.82) is 0 Å². The Labute approximate surface area is 121 Å². The highest BCUT2D eigenvalue weighted by molar-refractivity contribution is 5.44. The molecule has 0 saturated heterocycles. The van der Waals surface area contributed by atoms with Crippen molar-refractivity contribution in [2.45, 2.75) is 59.5 Å². The number of aromatic nitrogens is 2. The second-order valence-electron chi connectivity index (χ2n) is 7.11. The van der Waals surface area contributed by atoms with Gasteiger partial charge >= 0.3 is 0 Å². The third kappa shape index (κ3) is 1.66. The largest absolute Gasteiger partial charge is 0.473 e. The van der Waals surface area contributed by atoms with Gasteiger partial charge in [-0.15, -0.1) is 0 Å². The average molecular weight is 275 g/mol. The number of hydrogen-bond donors (Lipinski definition) is 1. The Kier molecular flexibility index (Phi) is 2.96. The van der Waals surface area contributed by atoms with E-state index in [1.807, 2.05) is 0 Å². The van der Waals surface area contributed by atoms with Crippen LogP contribution in [0.1, 0.15) is 52.5 Å². The summed E-state index contributed by atoms with van der Waals surface area (Å²) < 4.78 is 6.32. The molecule has 0 amide bonds. The predicted octanol–water partition coefficient (Wildman–Crippen LogP) is 3.21. The van der Waals surface area contributed by atoms with E-state index in [0.717, 1.165) is 24.3 Å². The second-order valence-corrected chi connectivity index (χ2v) is 7.11. The molecule has 110 valence electrons. The number of rotatable bonds is 3. The maximum atomic E-state index is 6.32. The van der Waals surface area contributed by atoms with Crippen molar-refractivity contribution in [3.63, 3.8) is 0 Å². The lowest BCUT2D eigenvalue weighted by Crippen LogP contribution is -2.39. The van der Waals surface area contributed by atoms with Crippen LogP contribution in [0.5, 0.6) is 5.88 Å². The molecule has 2 aliphatic rings. The zero-order valence-corrected chi connectivity index (χ0v) is 12.9. The van der Waals surface area contributed by atoms with Gasteiger partial charge in [0, 0.05) is 5.41 Å². The number of fused-ring (bicyclic) bond motifs is 2. The van der Waals surface area contributed by atoms with Crippen molar-refractivity contribution in [2.75, 3.05) is 5.73 Å². The van der Waals surface area contributed by atoms with Crippen molar-refractivity contribution in [3.8, 4) is 5.88 Å². The molecule has 2 saturated carbocycles. The number of nitrogens with two attached hydrogens (primary N) is 1. The molecule has 1 aromatic rings. The van der Waals surface area contributed by atoms with Gasteiger partial charge in [0.25, 0.3) is 0 Å². The van der Waals surface area contributed by atoms with Crippen LogP contribution in [0.4, 0.5) is 5.82 Å². The first-order valence-electron chi connectivity index (χ1n) is 7.66. The fraction of sp³-hybridized carbons (Fsp3) is 0.750. The van der Waals surface area contributed by atoms with Crippen LogP contribution in [0.3, 0.4) is 0 Å². The summed E-state index contributed by atoms with van der Waals surface area (Å²) >= 11 is 0. The topological polar surface area (TPSA) is 61.0 Å². The van der Waals surface area contributed by atoms with Gasteiger partial charge < -0.3 is 10.5 Å². The lowest BCUT2D eigenvalue weighted by atomic mass is 9.70. The summed E-state index contributed by atoms with van der Waals surface area (Å²) in [5, 5.41) is 0. The maximum Gasteiger partial charge on any atom is 0.222 e. The van der Waals surface area contributed by atoms with Crippen LogP contribution < -0.4 is 10.5 Å². The van der Waals surface area contributed by atoms with E-state index in [1.165, 1.54) is 19.2 Å². The van der Waals surface area contributed by atoms with Crippen molar-refractivity contribution >= 4 is 5.82 Å². The molecule has 4 nitrogen and oxygen atoms in total. The number of nitrogens with zero attached hydrogens (tertiary/aromatic N) is 2. The summed E-state index contributed by atoms with van der Waals surface area (Å²) in [7, 11) is 0. The van der Waals surface area contributed by atoms with E-state index < -0.39 is 0 Å². The summed E-state index contributed by atoms with van der Waals surface area (Å²) in [6, 6.07) is 0.